The first-order valence-corrected chi connectivity index (χ1v) is 2.14. The minimum atomic E-state index is 0.833. The Morgan fingerprint density at radius 2 is 2.67 bits per heavy atom. The largest absolute Gasteiger partial charge is 0.274 e. The van der Waals surface area contributed by atoms with E-state index in [-0.39, 0.29) is 0 Å². The summed E-state index contributed by atoms with van der Waals surface area (Å²) in [7, 11) is 0. The van der Waals surface area contributed by atoms with E-state index in [0.29, 0.717) is 0 Å². The van der Waals surface area contributed by atoms with Crippen molar-refractivity contribution in [1.29, 1.82) is 0 Å². The summed E-state index contributed by atoms with van der Waals surface area (Å²) in [6, 6.07) is 0. The van der Waals surface area contributed by atoms with Crippen LogP contribution in [0.4, 0.5) is 0 Å². The summed E-state index contributed by atoms with van der Waals surface area (Å²) in [6.45, 7) is 4.51. The molecule has 6 heavy (non-hydrogen) atoms. The molecule has 1 rings (SSSR count). The second-order valence-corrected chi connectivity index (χ2v) is 1.24. The van der Waals surface area contributed by atoms with E-state index in [0.717, 1.165) is 19.7 Å². The molecule has 0 amide bonds. The summed E-state index contributed by atoms with van der Waals surface area (Å²) in [5.41, 5.74) is 0. The fourth-order valence-electron chi connectivity index (χ4n) is 0.434. The van der Waals surface area contributed by atoms with Gasteiger partial charge in [0, 0.05) is 6.54 Å². The molecule has 0 aromatic carbocycles. The average Bonchev–Trinajstić information content (AvgIpc) is 1.72. The van der Waals surface area contributed by atoms with Crippen molar-refractivity contribution >= 4 is 0 Å². The van der Waals surface area contributed by atoms with Crippen LogP contribution in [0.25, 0.3) is 0 Å². The third-order valence-corrected chi connectivity index (χ3v) is 0.742. The zero-order valence-electron chi connectivity index (χ0n) is 3.61. The van der Waals surface area contributed by atoms with Gasteiger partial charge < -0.3 is 0 Å². The summed E-state index contributed by atoms with van der Waals surface area (Å²) in [5, 5.41) is 3.10. The van der Waals surface area contributed by atoms with Crippen LogP contribution in [0.1, 0.15) is 0 Å². The minimum absolute atomic E-state index is 0.833. The highest BCUT2D eigenvalue weighted by atomic mass is 16.5. The summed E-state index contributed by atoms with van der Waals surface area (Å²) in [4.78, 5) is 0. The lowest BCUT2D eigenvalue weighted by molar-refractivity contribution is 0.167. The van der Waals surface area contributed by atoms with Gasteiger partial charge in [-0.15, -0.1) is 0 Å². The van der Waals surface area contributed by atoms with Crippen LogP contribution < -0.4 is 5.32 Å². The molecule has 1 aliphatic rings. The van der Waals surface area contributed by atoms with Crippen LogP contribution in [-0.2, 0) is 4.74 Å². The first kappa shape index (κ1) is 3.96. The quantitative estimate of drug-likeness (QED) is 0.411. The highest BCUT2D eigenvalue weighted by Crippen LogP contribution is 1.82. The third-order valence-electron chi connectivity index (χ3n) is 0.742. The van der Waals surface area contributed by atoms with Gasteiger partial charge in [0.15, 0.2) is 6.54 Å². The molecule has 0 saturated carbocycles. The van der Waals surface area contributed by atoms with Crippen LogP contribution in [0.2, 0.25) is 0 Å². The first-order valence-electron chi connectivity index (χ1n) is 2.14. The van der Waals surface area contributed by atoms with Gasteiger partial charge in [-0.05, 0) is 0 Å². The molecule has 0 unspecified atom stereocenters. The van der Waals surface area contributed by atoms with Gasteiger partial charge in [-0.1, -0.05) is 0 Å². The van der Waals surface area contributed by atoms with Crippen molar-refractivity contribution in [2.24, 2.45) is 0 Å². The smallest absolute Gasteiger partial charge is 0.242 e. The number of morpholine rings is 1. The molecular weight excluding hydrogens is 78.0 g/mol. The van der Waals surface area contributed by atoms with Crippen molar-refractivity contribution in [1.82, 2.24) is 5.32 Å². The van der Waals surface area contributed by atoms with Crippen molar-refractivity contribution in [3.63, 3.8) is 0 Å². The SMILES string of the molecule is [CH+]1CNCCO1. The Morgan fingerprint density at radius 3 is 2.83 bits per heavy atom. The fourth-order valence-corrected chi connectivity index (χ4v) is 0.434. The Balaban J connectivity index is 2.00. The van der Waals surface area contributed by atoms with Gasteiger partial charge in [-0.25, -0.2) is 0 Å². The molecule has 1 fully saturated rings. The van der Waals surface area contributed by atoms with E-state index in [4.69, 9.17) is 4.74 Å². The molecule has 0 radical (unpaired) electrons. The molecule has 0 bridgehead atoms. The summed E-state index contributed by atoms with van der Waals surface area (Å²) < 4.78 is 4.88. The summed E-state index contributed by atoms with van der Waals surface area (Å²) in [5.74, 6) is 0. The Morgan fingerprint density at radius 1 is 1.67 bits per heavy atom. The van der Waals surface area contributed by atoms with E-state index in [1.54, 1.807) is 6.61 Å². The molecule has 1 aliphatic heterocycles. The fraction of sp³-hybridized carbons (Fsp3) is 0.750. The van der Waals surface area contributed by atoms with E-state index in [9.17, 15) is 0 Å². The predicted molar refractivity (Wildman–Crippen MR) is 23.1 cm³/mol. The van der Waals surface area contributed by atoms with E-state index in [2.05, 4.69) is 5.32 Å². The van der Waals surface area contributed by atoms with E-state index in [1.165, 1.54) is 0 Å². The Hall–Kier alpha value is -0.210. The van der Waals surface area contributed by atoms with Crippen molar-refractivity contribution < 1.29 is 4.74 Å². The number of rotatable bonds is 0. The molecule has 1 saturated heterocycles. The zero-order valence-corrected chi connectivity index (χ0v) is 3.61. The highest BCUT2D eigenvalue weighted by Gasteiger charge is 2.03. The molecule has 1 N–H and O–H groups in total. The standard InChI is InChI=1S/C4H8NO/c1-3-6-4-2-5-1/h3,5H,1-2,4H2/q+1. The molecular formula is C4H8NO+. The van der Waals surface area contributed by atoms with Crippen molar-refractivity contribution in [3.05, 3.63) is 6.61 Å². The van der Waals surface area contributed by atoms with E-state index >= 15 is 0 Å². The maximum Gasteiger partial charge on any atom is 0.242 e. The van der Waals surface area contributed by atoms with Gasteiger partial charge in [0.05, 0.1) is 0 Å². The molecule has 2 heteroatoms. The van der Waals surface area contributed by atoms with Crippen LogP contribution in [0, 0.1) is 6.61 Å². The number of nitrogens with one attached hydrogen (secondary N) is 1. The Bertz CT molecular complexity index is 23.0. The van der Waals surface area contributed by atoms with Crippen LogP contribution >= 0.6 is 0 Å². The molecule has 0 spiro atoms. The van der Waals surface area contributed by atoms with Gasteiger partial charge in [-0.3, -0.25) is 5.32 Å². The monoisotopic (exact) mass is 86.1 g/mol. The molecule has 34 valence electrons. The molecule has 0 aliphatic carbocycles. The van der Waals surface area contributed by atoms with Gasteiger partial charge in [0.1, 0.15) is 6.61 Å². The lowest BCUT2D eigenvalue weighted by Crippen LogP contribution is -2.27. The average molecular weight is 86.1 g/mol. The lowest BCUT2D eigenvalue weighted by Gasteiger charge is -2.00. The number of ether oxygens (including phenoxy) is 1. The maximum absolute atomic E-state index is 4.88. The van der Waals surface area contributed by atoms with Gasteiger partial charge in [0.25, 0.3) is 0 Å². The molecule has 0 aromatic heterocycles. The van der Waals surface area contributed by atoms with Gasteiger partial charge in [-0.2, -0.15) is 4.74 Å². The highest BCUT2D eigenvalue weighted by molar-refractivity contribution is 4.60. The van der Waals surface area contributed by atoms with Crippen molar-refractivity contribution in [3.8, 4) is 0 Å². The Labute approximate surface area is 37.5 Å². The van der Waals surface area contributed by atoms with Crippen LogP contribution in [-0.4, -0.2) is 19.7 Å². The lowest BCUT2D eigenvalue weighted by atomic mass is 10.5. The topological polar surface area (TPSA) is 21.3 Å². The second-order valence-electron chi connectivity index (χ2n) is 1.24. The third kappa shape index (κ3) is 0.880. The number of hydrogen-bond acceptors (Lipinski definition) is 2. The second kappa shape index (κ2) is 2.05. The van der Waals surface area contributed by atoms with Crippen LogP contribution in [0.5, 0.6) is 0 Å². The molecule has 1 heterocycles. The van der Waals surface area contributed by atoms with E-state index < -0.39 is 0 Å². The number of hydrogen-bond donors (Lipinski definition) is 1. The summed E-state index contributed by atoms with van der Waals surface area (Å²) >= 11 is 0. The van der Waals surface area contributed by atoms with Gasteiger partial charge >= 0.3 is 0 Å². The van der Waals surface area contributed by atoms with Crippen LogP contribution in [0.3, 0.4) is 0 Å². The van der Waals surface area contributed by atoms with Crippen molar-refractivity contribution in [2.75, 3.05) is 19.7 Å². The van der Waals surface area contributed by atoms with Gasteiger partial charge in [0.2, 0.25) is 6.61 Å². The minimum Gasteiger partial charge on any atom is -0.274 e. The molecule has 0 atom stereocenters. The van der Waals surface area contributed by atoms with Crippen LogP contribution in [0.15, 0.2) is 0 Å². The van der Waals surface area contributed by atoms with E-state index in [1.807, 2.05) is 0 Å². The maximum atomic E-state index is 4.88. The zero-order chi connectivity index (χ0) is 4.24. The predicted octanol–water partition coefficient (Wildman–Crippen LogP) is -0.232. The normalized spacial score (nSPS) is 22.7. The van der Waals surface area contributed by atoms with Crippen molar-refractivity contribution in [2.45, 2.75) is 0 Å². The Kier molecular flexibility index (Phi) is 1.36. The molecule has 0 aromatic rings. The molecule has 2 nitrogen and oxygen atoms in total. The first-order chi connectivity index (χ1) is 3.00. The summed E-state index contributed by atoms with van der Waals surface area (Å²) in [6.07, 6.45) is 0.